The summed E-state index contributed by atoms with van der Waals surface area (Å²) in [4.78, 5) is 0. The molecule has 0 bridgehead atoms. The van der Waals surface area contributed by atoms with E-state index in [1.165, 1.54) is 0 Å². The number of benzene rings is 10. The second-order valence-electron chi connectivity index (χ2n) is 11.9. The zero-order chi connectivity index (χ0) is 58.4. The van der Waals surface area contributed by atoms with E-state index in [0.29, 0.717) is 5.56 Å². The summed E-state index contributed by atoms with van der Waals surface area (Å²) in [5, 5.41) is -6.28. The van der Waals surface area contributed by atoms with Crippen molar-refractivity contribution in [3.05, 3.63) is 193 Å². The van der Waals surface area contributed by atoms with Gasteiger partial charge in [-0.25, -0.2) is 0 Å². The third-order valence-corrected chi connectivity index (χ3v) is 9.07. The van der Waals surface area contributed by atoms with Gasteiger partial charge in [-0.1, -0.05) is 175 Å². The summed E-state index contributed by atoms with van der Waals surface area (Å²) >= 11 is 0. The predicted molar refractivity (Wildman–Crippen MR) is 225 cm³/mol. The molecule has 0 saturated carbocycles. The Hall–Kier alpha value is -6.96. The maximum atomic E-state index is 10.0. The van der Waals surface area contributed by atoms with Crippen LogP contribution in [0.1, 0.15) is 37.0 Å². The standard InChI is InChI=1S/C52H32O/c1-2-14-34(15-3-1)38-25-13-27-49-52(38)47-32-35(28-31-48(47)53-49)37-29-30-46(40-20-7-6-19-39(37)40)51-44-23-10-8-21-42(44)50(43-22-9-11-24-45(43)51)41-26-12-17-33-16-4-5-18-36(33)41/h1-32H/i4D,5D,6D,7D,8D,9D,10D,11D,12D,13D,16D,17D,18D,19D,20D,21D,22D,23D,24D,25D,26D,27D,28D,29D,30D,31D,32D. The smallest absolute Gasteiger partial charge is 0.136 e. The SMILES string of the molecule is [2H]c1c(-c2c([2H])c([2H])c(-c3c4c([2H])c([2H])c([2H])c([2H])c4c(-c4c([2H])c([2H])c([2H])c5c([2H])c([2H])c([2H])c([2H])c45)c4c([2H])c([2H])c([2H])c([2H])c34)c3c([2H])c([2H])c([2H])c([2H])c23)c([2H])c2c(oc3c([2H])c([2H])c([2H])c(-c4ccccc4)c32)c1[2H]. The molecule has 1 heterocycles. The van der Waals surface area contributed by atoms with Gasteiger partial charge in [0, 0.05) is 10.8 Å². The molecule has 0 radical (unpaired) electrons. The van der Waals surface area contributed by atoms with Crippen molar-refractivity contribution in [2.45, 2.75) is 0 Å². The minimum Gasteiger partial charge on any atom is -0.456 e. The van der Waals surface area contributed by atoms with Gasteiger partial charge in [-0.3, -0.25) is 0 Å². The minimum atomic E-state index is -1.09. The molecule has 0 fully saturated rings. The van der Waals surface area contributed by atoms with Gasteiger partial charge in [0.05, 0.1) is 37.0 Å². The Labute approximate surface area is 344 Å². The van der Waals surface area contributed by atoms with Gasteiger partial charge in [0.15, 0.2) is 0 Å². The van der Waals surface area contributed by atoms with Gasteiger partial charge in [0.25, 0.3) is 0 Å². The van der Waals surface area contributed by atoms with Crippen LogP contribution in [0.15, 0.2) is 198 Å². The molecular weight excluding hydrogens is 641 g/mol. The van der Waals surface area contributed by atoms with E-state index in [0.717, 1.165) is 0 Å². The summed E-state index contributed by atoms with van der Waals surface area (Å²) in [5.74, 6) is 0. The van der Waals surface area contributed by atoms with Crippen LogP contribution >= 0.6 is 0 Å². The second-order valence-corrected chi connectivity index (χ2v) is 11.9. The third kappa shape index (κ3) is 4.58. The van der Waals surface area contributed by atoms with E-state index in [1.807, 2.05) is 0 Å². The summed E-state index contributed by atoms with van der Waals surface area (Å²) in [5.41, 5.74) is -5.00. The molecule has 0 unspecified atom stereocenters. The maximum absolute atomic E-state index is 10.0. The van der Waals surface area contributed by atoms with Crippen molar-refractivity contribution in [3.8, 4) is 44.5 Å². The average molecular weight is 700 g/mol. The molecule has 10 aromatic carbocycles. The van der Waals surface area contributed by atoms with Crippen LogP contribution in [0.25, 0.3) is 110 Å². The zero-order valence-corrected chi connectivity index (χ0v) is 26.8. The van der Waals surface area contributed by atoms with Crippen molar-refractivity contribution in [2.24, 2.45) is 0 Å². The topological polar surface area (TPSA) is 13.1 Å². The second kappa shape index (κ2) is 11.8. The monoisotopic (exact) mass is 699 g/mol. The Balaban J connectivity index is 1.43. The van der Waals surface area contributed by atoms with E-state index in [9.17, 15) is 16.4 Å². The van der Waals surface area contributed by atoms with Crippen molar-refractivity contribution in [1.82, 2.24) is 0 Å². The third-order valence-electron chi connectivity index (χ3n) is 9.07. The molecule has 0 spiro atoms. The number of hydrogen-bond donors (Lipinski definition) is 0. The van der Waals surface area contributed by atoms with Crippen LogP contribution in [-0.4, -0.2) is 0 Å². The molecule has 0 saturated heterocycles. The summed E-state index contributed by atoms with van der Waals surface area (Å²) < 4.78 is 255. The van der Waals surface area contributed by atoms with E-state index in [4.69, 9.17) is 25.0 Å². The van der Waals surface area contributed by atoms with Crippen LogP contribution in [0, 0.1) is 0 Å². The Morgan fingerprint density at radius 3 is 1.57 bits per heavy atom. The van der Waals surface area contributed by atoms with Crippen molar-refractivity contribution in [1.29, 1.82) is 0 Å². The fourth-order valence-corrected chi connectivity index (χ4v) is 6.84. The molecule has 246 valence electrons. The minimum absolute atomic E-state index is 0.0249. The van der Waals surface area contributed by atoms with E-state index < -0.39 is 245 Å². The first-order chi connectivity index (χ1) is 37.6. The molecule has 1 heteroatoms. The van der Waals surface area contributed by atoms with Crippen LogP contribution in [0.5, 0.6) is 0 Å². The van der Waals surface area contributed by atoms with Gasteiger partial charge in [0.1, 0.15) is 11.2 Å². The molecule has 53 heavy (non-hydrogen) atoms. The molecule has 0 atom stereocenters. The summed E-state index contributed by atoms with van der Waals surface area (Å²) in [7, 11) is 0. The Morgan fingerprint density at radius 1 is 0.340 bits per heavy atom. The van der Waals surface area contributed by atoms with Gasteiger partial charge >= 0.3 is 0 Å². The van der Waals surface area contributed by atoms with Crippen LogP contribution in [0.2, 0.25) is 0 Å². The zero-order valence-electron chi connectivity index (χ0n) is 53.8. The Morgan fingerprint density at radius 2 is 0.868 bits per heavy atom. The fraction of sp³-hybridized carbons (Fsp3) is 0. The Kier molecular flexibility index (Phi) is 3.02. The first-order valence-corrected chi connectivity index (χ1v) is 16.1. The fourth-order valence-electron chi connectivity index (χ4n) is 6.84. The molecule has 11 rings (SSSR count). The van der Waals surface area contributed by atoms with Crippen LogP contribution < -0.4 is 0 Å². The first-order valence-electron chi connectivity index (χ1n) is 29.6. The number of furan rings is 1. The van der Waals surface area contributed by atoms with Crippen molar-refractivity contribution >= 4 is 65.0 Å². The van der Waals surface area contributed by atoms with Crippen LogP contribution in [-0.2, 0) is 0 Å². The lowest BCUT2D eigenvalue weighted by atomic mass is 9.83. The molecule has 0 aliphatic rings. The lowest BCUT2D eigenvalue weighted by Crippen LogP contribution is -1.93. The van der Waals surface area contributed by atoms with E-state index >= 15 is 0 Å². The summed E-state index contributed by atoms with van der Waals surface area (Å²) in [6, 6.07) is -16.7. The average Bonchev–Trinajstić information content (AvgIpc) is 3.60. The molecule has 0 N–H and O–H groups in total. The largest absolute Gasteiger partial charge is 0.456 e. The molecular formula is C52H32O. The van der Waals surface area contributed by atoms with Crippen molar-refractivity contribution in [2.75, 3.05) is 0 Å². The molecule has 11 aromatic rings. The van der Waals surface area contributed by atoms with Crippen LogP contribution in [0.4, 0.5) is 0 Å². The molecule has 0 aliphatic heterocycles. The number of rotatable bonds is 4. The highest BCUT2D eigenvalue weighted by Crippen LogP contribution is 2.48. The molecule has 1 nitrogen and oxygen atoms in total. The first kappa shape index (κ1) is 13.5. The van der Waals surface area contributed by atoms with E-state index in [2.05, 4.69) is 0 Å². The highest BCUT2D eigenvalue weighted by atomic mass is 16.3. The van der Waals surface area contributed by atoms with Crippen molar-refractivity contribution < 1.29 is 41.4 Å². The van der Waals surface area contributed by atoms with Crippen molar-refractivity contribution in [3.63, 3.8) is 0 Å². The number of hydrogen-bond acceptors (Lipinski definition) is 1. The highest BCUT2D eigenvalue weighted by Gasteiger charge is 2.20. The van der Waals surface area contributed by atoms with E-state index in [-0.39, 0.29) is 21.9 Å². The van der Waals surface area contributed by atoms with Gasteiger partial charge in [-0.2, -0.15) is 0 Å². The molecule has 1 aromatic heterocycles. The van der Waals surface area contributed by atoms with Crippen LogP contribution in [0.3, 0.4) is 0 Å². The summed E-state index contributed by atoms with van der Waals surface area (Å²) in [6.45, 7) is 0. The van der Waals surface area contributed by atoms with Gasteiger partial charge in [-0.05, 0) is 106 Å². The van der Waals surface area contributed by atoms with Gasteiger partial charge in [0.2, 0.25) is 0 Å². The normalized spacial score (nSPS) is 18.9. The maximum Gasteiger partial charge on any atom is 0.136 e. The van der Waals surface area contributed by atoms with Gasteiger partial charge < -0.3 is 4.42 Å². The number of fused-ring (bicyclic) bond motifs is 7. The predicted octanol–water partition coefficient (Wildman–Crippen LogP) is 14.9. The highest BCUT2D eigenvalue weighted by molar-refractivity contribution is 6.26. The molecule has 0 aliphatic carbocycles. The van der Waals surface area contributed by atoms with E-state index in [1.54, 1.807) is 30.3 Å². The quantitative estimate of drug-likeness (QED) is 0.167. The lowest BCUT2D eigenvalue weighted by Gasteiger charge is -2.20. The lowest BCUT2D eigenvalue weighted by molar-refractivity contribution is 0.669. The molecule has 0 amide bonds. The van der Waals surface area contributed by atoms with Gasteiger partial charge in [-0.15, -0.1) is 0 Å². The Bertz CT molecular complexity index is 4690. The summed E-state index contributed by atoms with van der Waals surface area (Å²) in [6.07, 6.45) is 0.